The quantitative estimate of drug-likeness (QED) is 0.172. The van der Waals surface area contributed by atoms with Gasteiger partial charge in [0.15, 0.2) is 28.8 Å². The van der Waals surface area contributed by atoms with Crippen molar-refractivity contribution in [2.75, 3.05) is 13.7 Å². The van der Waals surface area contributed by atoms with E-state index in [2.05, 4.69) is 10.1 Å². The van der Waals surface area contributed by atoms with E-state index in [4.69, 9.17) is 19.2 Å². The first kappa shape index (κ1) is 25.7. The second kappa shape index (κ2) is 8.73. The van der Waals surface area contributed by atoms with Crippen LogP contribution in [0.2, 0.25) is 0 Å². The van der Waals surface area contributed by atoms with Crippen LogP contribution in [0.3, 0.4) is 0 Å². The van der Waals surface area contributed by atoms with Crippen LogP contribution < -0.4 is 20.4 Å². The Morgan fingerprint density at radius 2 is 1.85 bits per heavy atom. The predicted molar refractivity (Wildman–Crippen MR) is 133 cm³/mol. The molecule has 14 nitrogen and oxygen atoms in total. The molecule has 2 aromatic carbocycles. The summed E-state index contributed by atoms with van der Waals surface area (Å²) in [6, 6.07) is 4.24. The minimum absolute atomic E-state index is 0.0390. The first-order valence-electron chi connectivity index (χ1n) is 12.0. The van der Waals surface area contributed by atoms with Gasteiger partial charge in [-0.1, -0.05) is 0 Å². The van der Waals surface area contributed by atoms with Crippen LogP contribution in [0, 0.1) is 11.3 Å². The van der Waals surface area contributed by atoms with E-state index < -0.39 is 69.2 Å². The number of aliphatic hydroxyl groups excluding tert-OH is 1. The number of aromatic hydroxyl groups is 3. The third-order valence-electron chi connectivity index (χ3n) is 7.13. The molecule has 41 heavy (non-hydrogen) atoms. The first-order chi connectivity index (χ1) is 19.5. The number of fused-ring (bicyclic) bond motifs is 4. The lowest BCUT2D eigenvalue weighted by Crippen LogP contribution is -2.45. The molecule has 3 aromatic rings. The number of nitriles is 1. The molecule has 0 bridgehead atoms. The number of phenols is 3. The number of allylic oxidation sites excluding steroid dienone is 2. The maximum absolute atomic E-state index is 13.0. The number of esters is 1. The first-order valence-corrected chi connectivity index (χ1v) is 12.0. The van der Waals surface area contributed by atoms with Crippen LogP contribution in [0.1, 0.15) is 54.9 Å². The summed E-state index contributed by atoms with van der Waals surface area (Å²) in [7, 11) is 1.09. The smallest absolute Gasteiger partial charge is 0.374 e. The molecule has 3 aliphatic rings. The molecule has 14 heteroatoms. The summed E-state index contributed by atoms with van der Waals surface area (Å²) in [5.41, 5.74) is -2.44. The summed E-state index contributed by atoms with van der Waals surface area (Å²) in [5, 5.41) is 55.0. The average Bonchev–Trinajstić information content (AvgIpc) is 3.31. The maximum Gasteiger partial charge on any atom is 0.374 e. The van der Waals surface area contributed by atoms with E-state index in [1.54, 1.807) is 6.07 Å². The van der Waals surface area contributed by atoms with Gasteiger partial charge in [-0.2, -0.15) is 5.26 Å². The second-order valence-corrected chi connectivity index (χ2v) is 9.53. The standard InChI is InChI=1S/C27H18N2O12/c1-38-25(36)15-5-9-4-10-14(31)8-27(40-23(10)21(34)16(9)26(37)39-15)7-11-19(32)17-13(30)6-12(29-3-2-28)20(33)18(17)22(35)24(11)41-27/h4-6,14,29,31-32,34-35H,3,7-8H2,1H3. The SMILES string of the molecule is COC(=O)c1cc2cc3c(c(O)c2c(=O)o1)OC1(Cc2c(O)c4c(c(O)c2O1)C(=O)C(NCC#N)=CC4=O)CC3O. The number of phenolic OH excluding ortho intramolecular Hbond substituents is 3. The highest BCUT2D eigenvalue weighted by atomic mass is 16.7. The van der Waals surface area contributed by atoms with Crippen molar-refractivity contribution in [2.24, 2.45) is 0 Å². The molecule has 5 N–H and O–H groups in total. The largest absolute Gasteiger partial charge is 0.507 e. The van der Waals surface area contributed by atoms with Crippen molar-refractivity contribution in [3.05, 3.63) is 62.3 Å². The zero-order valence-corrected chi connectivity index (χ0v) is 20.9. The highest BCUT2D eigenvalue weighted by Crippen LogP contribution is 2.56. The highest BCUT2D eigenvalue weighted by molar-refractivity contribution is 6.27. The van der Waals surface area contributed by atoms with Crippen LogP contribution >= 0.6 is 0 Å². The number of rotatable bonds is 3. The molecule has 3 heterocycles. The van der Waals surface area contributed by atoms with Gasteiger partial charge in [0.05, 0.1) is 48.9 Å². The average molecular weight is 562 g/mol. The van der Waals surface area contributed by atoms with Gasteiger partial charge < -0.3 is 44.4 Å². The number of carbonyl (C=O) groups is 3. The van der Waals surface area contributed by atoms with Crippen molar-refractivity contribution in [1.82, 2.24) is 5.32 Å². The molecule has 0 fully saturated rings. The van der Waals surface area contributed by atoms with Crippen molar-refractivity contribution in [1.29, 1.82) is 5.26 Å². The lowest BCUT2D eigenvalue weighted by Gasteiger charge is -2.37. The Morgan fingerprint density at radius 1 is 1.12 bits per heavy atom. The van der Waals surface area contributed by atoms with Gasteiger partial charge in [-0.3, -0.25) is 9.59 Å². The van der Waals surface area contributed by atoms with E-state index >= 15 is 0 Å². The molecule has 0 amide bonds. The molecular formula is C27H18N2O12. The van der Waals surface area contributed by atoms with E-state index in [0.717, 1.165) is 19.3 Å². The van der Waals surface area contributed by atoms with Gasteiger partial charge in [0, 0.05) is 17.2 Å². The van der Waals surface area contributed by atoms with E-state index in [1.807, 2.05) is 0 Å². The fourth-order valence-corrected chi connectivity index (χ4v) is 5.35. The Kier molecular flexibility index (Phi) is 5.47. The Balaban J connectivity index is 1.44. The number of carbonyl (C=O) groups excluding carboxylic acids is 3. The molecule has 0 saturated heterocycles. The van der Waals surface area contributed by atoms with Crippen molar-refractivity contribution in [2.45, 2.75) is 24.7 Å². The van der Waals surface area contributed by atoms with Gasteiger partial charge in [-0.05, 0) is 17.5 Å². The van der Waals surface area contributed by atoms with E-state index in [-0.39, 0.29) is 58.5 Å². The second-order valence-electron chi connectivity index (χ2n) is 9.53. The van der Waals surface area contributed by atoms with Crippen LogP contribution in [-0.2, 0) is 11.2 Å². The summed E-state index contributed by atoms with van der Waals surface area (Å²) in [5.74, 6) is -7.79. The number of methoxy groups -OCH3 is 1. The number of aliphatic hydroxyl groups is 1. The van der Waals surface area contributed by atoms with Gasteiger partial charge in [0.2, 0.25) is 11.5 Å². The van der Waals surface area contributed by atoms with Crippen LogP contribution in [0.5, 0.6) is 28.7 Å². The van der Waals surface area contributed by atoms with Crippen LogP contribution in [0.4, 0.5) is 0 Å². The normalized spacial score (nSPS) is 20.3. The minimum Gasteiger partial charge on any atom is -0.507 e. The number of nitrogens with zero attached hydrogens (tertiary/aromatic N) is 1. The van der Waals surface area contributed by atoms with Gasteiger partial charge in [0.25, 0.3) is 5.79 Å². The van der Waals surface area contributed by atoms with E-state index in [9.17, 15) is 39.6 Å². The summed E-state index contributed by atoms with van der Waals surface area (Å²) in [4.78, 5) is 50.4. The third-order valence-corrected chi connectivity index (χ3v) is 7.13. The van der Waals surface area contributed by atoms with Crippen LogP contribution in [0.15, 0.2) is 33.1 Å². The van der Waals surface area contributed by atoms with Crippen LogP contribution in [0.25, 0.3) is 10.8 Å². The Labute approximate surface area is 228 Å². The number of ketones is 2. The number of nitrogens with one attached hydrogen (secondary N) is 1. The number of hydrogen-bond donors (Lipinski definition) is 5. The Bertz CT molecular complexity index is 1880. The molecule has 2 atom stereocenters. The van der Waals surface area contributed by atoms with Gasteiger partial charge in [-0.15, -0.1) is 0 Å². The monoisotopic (exact) mass is 562 g/mol. The lowest BCUT2D eigenvalue weighted by atomic mass is 9.86. The molecule has 0 radical (unpaired) electrons. The molecule has 208 valence electrons. The maximum atomic E-state index is 13.0. The molecule has 2 unspecified atom stereocenters. The number of benzene rings is 2. The van der Waals surface area contributed by atoms with Crippen molar-refractivity contribution in [3.63, 3.8) is 0 Å². The van der Waals surface area contributed by atoms with E-state index in [0.29, 0.717) is 0 Å². The molecule has 6 rings (SSSR count). The predicted octanol–water partition coefficient (Wildman–Crippen LogP) is 1.22. The highest BCUT2D eigenvalue weighted by Gasteiger charge is 2.52. The zero-order valence-electron chi connectivity index (χ0n) is 20.9. The molecule has 2 aliphatic heterocycles. The van der Waals surface area contributed by atoms with E-state index in [1.165, 1.54) is 6.07 Å². The summed E-state index contributed by atoms with van der Waals surface area (Å²) in [6.07, 6.45) is -1.15. The number of hydrogen-bond acceptors (Lipinski definition) is 14. The lowest BCUT2D eigenvalue weighted by molar-refractivity contribution is -0.139. The molecule has 1 aliphatic carbocycles. The third kappa shape index (κ3) is 3.60. The summed E-state index contributed by atoms with van der Waals surface area (Å²) < 4.78 is 21.4. The van der Waals surface area contributed by atoms with Gasteiger partial charge in [-0.25, -0.2) is 9.59 Å². The van der Waals surface area contributed by atoms with Crippen molar-refractivity contribution in [3.8, 4) is 34.8 Å². The fourth-order valence-electron chi connectivity index (χ4n) is 5.35. The van der Waals surface area contributed by atoms with Crippen molar-refractivity contribution < 1.29 is 53.4 Å². The Morgan fingerprint density at radius 3 is 2.56 bits per heavy atom. The molecule has 1 spiro atoms. The minimum atomic E-state index is -1.85. The fraction of sp³-hybridized carbons (Fsp3) is 0.222. The summed E-state index contributed by atoms with van der Waals surface area (Å²) in [6.45, 7) is -0.302. The van der Waals surface area contributed by atoms with Crippen LogP contribution in [-0.4, -0.2) is 57.4 Å². The molecule has 1 aromatic heterocycles. The van der Waals surface area contributed by atoms with Gasteiger partial charge >= 0.3 is 11.6 Å². The van der Waals surface area contributed by atoms with Gasteiger partial charge in [0.1, 0.15) is 17.7 Å². The van der Waals surface area contributed by atoms with Crippen molar-refractivity contribution >= 4 is 28.3 Å². The number of Topliss-reactive ketones (excluding diaryl/α,β-unsaturated/α-hetero) is 1. The molecular weight excluding hydrogens is 544 g/mol. The molecule has 0 saturated carbocycles. The topological polar surface area (TPSA) is 226 Å². The number of ether oxygens (including phenoxy) is 3. The zero-order chi connectivity index (χ0) is 29.4. The Hall–Kier alpha value is -5.55. The summed E-state index contributed by atoms with van der Waals surface area (Å²) >= 11 is 0.